The van der Waals surface area contributed by atoms with Gasteiger partial charge in [0.05, 0.1) is 7.11 Å². The van der Waals surface area contributed by atoms with Crippen LogP contribution in [0.15, 0.2) is 0 Å². The molecule has 3 aliphatic rings. The van der Waals surface area contributed by atoms with Crippen LogP contribution in [0.2, 0.25) is 0 Å². The molecule has 3 saturated heterocycles. The molecule has 4 nitrogen and oxygen atoms in total. The molecule has 4 heteroatoms. The predicted octanol–water partition coefficient (Wildman–Crippen LogP) is -0.452. The summed E-state index contributed by atoms with van der Waals surface area (Å²) >= 11 is 0. The van der Waals surface area contributed by atoms with Crippen molar-refractivity contribution >= 4 is 5.97 Å². The molecule has 4 atom stereocenters. The number of ether oxygens (including phenoxy) is 1. The van der Waals surface area contributed by atoms with Gasteiger partial charge in [0, 0.05) is 32.2 Å². The molecule has 0 radical (unpaired) electrons. The summed E-state index contributed by atoms with van der Waals surface area (Å²) in [4.78, 5) is 16.0. The fourth-order valence-corrected chi connectivity index (χ4v) is 2.37. The van der Waals surface area contributed by atoms with Gasteiger partial charge >= 0.3 is 5.97 Å². The van der Waals surface area contributed by atoms with Crippen LogP contribution in [0.4, 0.5) is 0 Å². The predicted molar refractivity (Wildman–Crippen MR) is 48.4 cm³/mol. The number of nitrogens with zero attached hydrogens (tertiary/aromatic N) is 2. The Hall–Kier alpha value is -0.610. The summed E-state index contributed by atoms with van der Waals surface area (Å²) in [6.07, 6.45) is 0. The van der Waals surface area contributed by atoms with E-state index in [0.29, 0.717) is 6.04 Å². The van der Waals surface area contributed by atoms with Crippen molar-refractivity contribution in [2.75, 3.05) is 33.3 Å². The van der Waals surface area contributed by atoms with Crippen LogP contribution in [-0.4, -0.2) is 61.1 Å². The molecule has 0 aromatic rings. The molecule has 2 bridgehead atoms. The van der Waals surface area contributed by atoms with E-state index in [1.54, 1.807) is 0 Å². The second-order valence-electron chi connectivity index (χ2n) is 3.89. The summed E-state index contributed by atoms with van der Waals surface area (Å²) in [5, 5.41) is 0. The van der Waals surface area contributed by atoms with Crippen molar-refractivity contribution in [1.82, 2.24) is 9.80 Å². The van der Waals surface area contributed by atoms with E-state index < -0.39 is 0 Å². The summed E-state index contributed by atoms with van der Waals surface area (Å²) in [7, 11) is 1.46. The molecular formula is C9H16N2O2. The highest BCUT2D eigenvalue weighted by atomic mass is 16.5. The first-order valence-corrected chi connectivity index (χ1v) is 4.78. The number of hydrogen-bond donors (Lipinski definition) is 0. The number of hydrogen-bond acceptors (Lipinski definition) is 4. The van der Waals surface area contributed by atoms with Crippen molar-refractivity contribution in [3.05, 3.63) is 0 Å². The van der Waals surface area contributed by atoms with Gasteiger partial charge in [0.2, 0.25) is 0 Å². The highest BCUT2D eigenvalue weighted by molar-refractivity contribution is 5.76. The number of carbonyl (C=O) groups excluding carboxylic acids is 1. The van der Waals surface area contributed by atoms with Gasteiger partial charge in [0.25, 0.3) is 0 Å². The number of piperazine rings is 3. The third-order valence-electron chi connectivity index (χ3n) is 3.07. The molecule has 4 unspecified atom stereocenters. The first-order valence-electron chi connectivity index (χ1n) is 4.78. The average molecular weight is 184 g/mol. The van der Waals surface area contributed by atoms with Crippen molar-refractivity contribution in [2.45, 2.75) is 19.0 Å². The summed E-state index contributed by atoms with van der Waals surface area (Å²) in [6, 6.07) is 0.467. The van der Waals surface area contributed by atoms with Gasteiger partial charge in [-0.3, -0.25) is 14.6 Å². The number of fused-ring (bicyclic) bond motifs is 3. The molecule has 13 heavy (non-hydrogen) atoms. The fourth-order valence-electron chi connectivity index (χ4n) is 2.37. The van der Waals surface area contributed by atoms with E-state index in [1.165, 1.54) is 7.11 Å². The van der Waals surface area contributed by atoms with Gasteiger partial charge in [-0.05, 0) is 6.92 Å². The van der Waals surface area contributed by atoms with Crippen molar-refractivity contribution in [3.8, 4) is 0 Å². The molecular weight excluding hydrogens is 168 g/mol. The molecule has 0 spiro atoms. The lowest BCUT2D eigenvalue weighted by Gasteiger charge is -2.50. The Morgan fingerprint density at radius 3 is 2.69 bits per heavy atom. The molecule has 0 aromatic carbocycles. The minimum atomic E-state index is -0.0868. The average Bonchev–Trinajstić information content (AvgIpc) is 2.17. The Morgan fingerprint density at radius 1 is 1.38 bits per heavy atom. The largest absolute Gasteiger partial charge is 0.468 e. The maximum Gasteiger partial charge on any atom is 0.324 e. The van der Waals surface area contributed by atoms with Crippen LogP contribution in [0.5, 0.6) is 0 Å². The lowest BCUT2D eigenvalue weighted by Crippen LogP contribution is -2.67. The highest BCUT2D eigenvalue weighted by Crippen LogP contribution is 2.21. The van der Waals surface area contributed by atoms with Gasteiger partial charge < -0.3 is 4.74 Å². The van der Waals surface area contributed by atoms with Crippen LogP contribution >= 0.6 is 0 Å². The van der Waals surface area contributed by atoms with Crippen LogP contribution in [0.1, 0.15) is 6.92 Å². The zero-order chi connectivity index (χ0) is 9.42. The molecule has 0 saturated carbocycles. The minimum Gasteiger partial charge on any atom is -0.468 e. The Balaban J connectivity index is 2.10. The van der Waals surface area contributed by atoms with Crippen LogP contribution in [-0.2, 0) is 9.53 Å². The van der Waals surface area contributed by atoms with Crippen LogP contribution in [0.25, 0.3) is 0 Å². The van der Waals surface area contributed by atoms with Crippen molar-refractivity contribution in [3.63, 3.8) is 0 Å². The third kappa shape index (κ3) is 1.44. The smallest absolute Gasteiger partial charge is 0.324 e. The monoisotopic (exact) mass is 184 g/mol. The molecule has 3 heterocycles. The van der Waals surface area contributed by atoms with Gasteiger partial charge in [-0.2, -0.15) is 0 Å². The summed E-state index contributed by atoms with van der Waals surface area (Å²) in [5.41, 5.74) is 0. The normalized spacial score (nSPS) is 43.2. The van der Waals surface area contributed by atoms with E-state index in [2.05, 4.69) is 16.7 Å². The quantitative estimate of drug-likeness (QED) is 0.517. The molecule has 3 rings (SSSR count). The SMILES string of the molecule is COC(=O)C1CN2CCN1C(C)C2. The van der Waals surface area contributed by atoms with Crippen LogP contribution < -0.4 is 0 Å². The lowest BCUT2D eigenvalue weighted by atomic mass is 10.0. The molecule has 3 aliphatic heterocycles. The highest BCUT2D eigenvalue weighted by Gasteiger charge is 2.40. The zero-order valence-corrected chi connectivity index (χ0v) is 8.19. The third-order valence-corrected chi connectivity index (χ3v) is 3.07. The number of rotatable bonds is 1. The van der Waals surface area contributed by atoms with Crippen LogP contribution in [0, 0.1) is 0 Å². The first kappa shape index (κ1) is 8.97. The van der Waals surface area contributed by atoms with Crippen molar-refractivity contribution in [1.29, 1.82) is 0 Å². The van der Waals surface area contributed by atoms with E-state index in [1.807, 2.05) is 0 Å². The molecule has 0 aliphatic carbocycles. The van der Waals surface area contributed by atoms with Crippen molar-refractivity contribution < 1.29 is 9.53 Å². The molecule has 0 N–H and O–H groups in total. The van der Waals surface area contributed by atoms with Crippen molar-refractivity contribution in [2.24, 2.45) is 0 Å². The second-order valence-corrected chi connectivity index (χ2v) is 3.89. The summed E-state index contributed by atoms with van der Waals surface area (Å²) in [6.45, 7) is 6.20. The molecule has 74 valence electrons. The van der Waals surface area contributed by atoms with E-state index in [4.69, 9.17) is 4.74 Å². The first-order chi connectivity index (χ1) is 6.22. The second kappa shape index (κ2) is 3.27. The zero-order valence-electron chi connectivity index (χ0n) is 8.19. The standard InChI is InChI=1S/C9H16N2O2/c1-7-5-10-3-4-11(7)8(6-10)9(12)13-2/h7-8H,3-6H2,1-2H3. The van der Waals surface area contributed by atoms with Gasteiger partial charge in [0.15, 0.2) is 0 Å². The summed E-state index contributed by atoms with van der Waals surface area (Å²) in [5.74, 6) is -0.0868. The van der Waals surface area contributed by atoms with E-state index >= 15 is 0 Å². The maximum atomic E-state index is 11.4. The van der Waals surface area contributed by atoms with Gasteiger partial charge in [-0.25, -0.2) is 0 Å². The summed E-state index contributed by atoms with van der Waals surface area (Å²) < 4.78 is 4.78. The Kier molecular flexibility index (Phi) is 2.26. The van der Waals surface area contributed by atoms with Gasteiger partial charge in [-0.15, -0.1) is 0 Å². The lowest BCUT2D eigenvalue weighted by molar-refractivity contribution is -0.155. The maximum absolute atomic E-state index is 11.4. The van der Waals surface area contributed by atoms with E-state index in [0.717, 1.165) is 26.2 Å². The Labute approximate surface area is 78.4 Å². The Morgan fingerprint density at radius 2 is 2.15 bits per heavy atom. The topological polar surface area (TPSA) is 32.8 Å². The fraction of sp³-hybridized carbons (Fsp3) is 0.889. The Bertz CT molecular complexity index is 220. The molecule has 0 aromatic heterocycles. The van der Waals surface area contributed by atoms with Gasteiger partial charge in [0.1, 0.15) is 6.04 Å². The molecule has 3 fully saturated rings. The van der Waals surface area contributed by atoms with E-state index in [-0.39, 0.29) is 12.0 Å². The van der Waals surface area contributed by atoms with Gasteiger partial charge in [-0.1, -0.05) is 0 Å². The molecule has 0 amide bonds. The van der Waals surface area contributed by atoms with Crippen LogP contribution in [0.3, 0.4) is 0 Å². The number of carbonyl (C=O) groups is 1. The number of methoxy groups -OCH3 is 1. The van der Waals surface area contributed by atoms with E-state index in [9.17, 15) is 4.79 Å². The number of esters is 1. The minimum absolute atomic E-state index is 0.0255.